The Kier molecular flexibility index (Phi) is 6.62. The normalized spacial score (nSPS) is 28.3. The Labute approximate surface area is 272 Å². The van der Waals surface area contributed by atoms with Gasteiger partial charge in [0.25, 0.3) is 11.8 Å². The Morgan fingerprint density at radius 2 is 1.55 bits per heavy atom. The zero-order valence-corrected chi connectivity index (χ0v) is 26.2. The van der Waals surface area contributed by atoms with Gasteiger partial charge >= 0.3 is 0 Å². The molecule has 3 fully saturated rings. The van der Waals surface area contributed by atoms with Gasteiger partial charge in [-0.3, -0.25) is 29.5 Å². The summed E-state index contributed by atoms with van der Waals surface area (Å²) in [6.07, 6.45) is 2.59. The molecular weight excluding hydrogens is 590 g/mol. The highest BCUT2D eigenvalue weighted by Crippen LogP contribution is 2.65. The summed E-state index contributed by atoms with van der Waals surface area (Å²) >= 11 is 0. The molecule has 2 N–H and O–H groups in total. The SMILES string of the molecule is CCN1C(=O)C2CC=C3C(CC4C(=O)N(Nc5ccc(C)cc5)C(=O)C4(c4ccccc4)C3c3ccc4ccccc4c3O)C2C1=O. The summed E-state index contributed by atoms with van der Waals surface area (Å²) in [6, 6.07) is 28.1. The topological polar surface area (TPSA) is 107 Å². The van der Waals surface area contributed by atoms with Crippen molar-refractivity contribution in [2.24, 2.45) is 23.7 Å². The highest BCUT2D eigenvalue weighted by Gasteiger charge is 2.70. The van der Waals surface area contributed by atoms with Crippen LogP contribution < -0.4 is 5.43 Å². The lowest BCUT2D eigenvalue weighted by Gasteiger charge is -2.50. The number of allylic oxidation sites excluding steroid dienone is 2. The van der Waals surface area contributed by atoms with E-state index in [2.05, 4.69) is 5.43 Å². The fraction of sp³-hybridized carbons (Fsp3) is 0.282. The number of fused-ring (bicyclic) bond motifs is 5. The first-order valence-corrected chi connectivity index (χ1v) is 16.3. The zero-order chi connectivity index (χ0) is 32.6. The first kappa shape index (κ1) is 29.2. The number of anilines is 1. The molecule has 2 heterocycles. The van der Waals surface area contributed by atoms with Crippen LogP contribution in [0.3, 0.4) is 0 Å². The average Bonchev–Trinajstić information content (AvgIpc) is 3.47. The molecule has 236 valence electrons. The van der Waals surface area contributed by atoms with E-state index in [1.807, 2.05) is 104 Å². The molecule has 8 heteroatoms. The number of aryl methyl sites for hydroxylation is 1. The van der Waals surface area contributed by atoms with Crippen molar-refractivity contribution in [3.8, 4) is 5.75 Å². The van der Waals surface area contributed by atoms with E-state index in [1.165, 1.54) is 4.90 Å². The van der Waals surface area contributed by atoms with E-state index in [0.29, 0.717) is 28.6 Å². The molecule has 2 saturated heterocycles. The maximum absolute atomic E-state index is 15.2. The van der Waals surface area contributed by atoms with Crippen LogP contribution in [0.2, 0.25) is 0 Å². The summed E-state index contributed by atoms with van der Waals surface area (Å²) < 4.78 is 0. The number of amides is 4. The molecule has 6 atom stereocenters. The molecule has 8 rings (SSSR count). The van der Waals surface area contributed by atoms with Crippen LogP contribution in [0.25, 0.3) is 10.8 Å². The van der Waals surface area contributed by atoms with Gasteiger partial charge in [0.1, 0.15) is 5.75 Å². The molecule has 6 unspecified atom stereocenters. The van der Waals surface area contributed by atoms with Crippen molar-refractivity contribution >= 4 is 40.1 Å². The summed E-state index contributed by atoms with van der Waals surface area (Å²) in [7, 11) is 0. The van der Waals surface area contributed by atoms with Crippen LogP contribution in [0.4, 0.5) is 5.69 Å². The van der Waals surface area contributed by atoms with E-state index in [4.69, 9.17) is 0 Å². The molecule has 2 aliphatic heterocycles. The molecule has 0 spiro atoms. The van der Waals surface area contributed by atoms with Crippen molar-refractivity contribution in [3.05, 3.63) is 119 Å². The smallest absolute Gasteiger partial charge is 0.260 e. The van der Waals surface area contributed by atoms with Crippen molar-refractivity contribution in [1.29, 1.82) is 0 Å². The van der Waals surface area contributed by atoms with E-state index >= 15 is 4.79 Å². The fourth-order valence-corrected chi connectivity index (χ4v) is 8.97. The third-order valence-corrected chi connectivity index (χ3v) is 11.0. The minimum atomic E-state index is -1.43. The quantitative estimate of drug-likeness (QED) is 0.213. The second kappa shape index (κ2) is 10.7. The van der Waals surface area contributed by atoms with Crippen LogP contribution in [-0.4, -0.2) is 45.2 Å². The van der Waals surface area contributed by atoms with Gasteiger partial charge < -0.3 is 5.11 Å². The standard InChI is InChI=1S/C39H35N3O5/c1-3-41-35(44)28-20-19-27-30(32(28)37(41)46)21-31-36(45)42(40-25-16-13-22(2)14-17-25)38(47)39(31,24-10-5-4-6-11-24)33(27)29-18-15-23-9-7-8-12-26(23)34(29)43/h4-19,28,30-33,40,43H,3,20-21H2,1-2H3. The van der Waals surface area contributed by atoms with Crippen LogP contribution in [-0.2, 0) is 24.6 Å². The third kappa shape index (κ3) is 4.00. The van der Waals surface area contributed by atoms with E-state index in [9.17, 15) is 19.5 Å². The van der Waals surface area contributed by atoms with Gasteiger partial charge in [-0.15, -0.1) is 0 Å². The molecule has 1 saturated carbocycles. The molecule has 4 aromatic carbocycles. The number of nitrogens with one attached hydrogen (secondary N) is 1. The number of hydrazine groups is 1. The number of imide groups is 2. The predicted octanol–water partition coefficient (Wildman–Crippen LogP) is 5.86. The van der Waals surface area contributed by atoms with Crippen LogP contribution in [0.5, 0.6) is 5.75 Å². The number of hydrogen-bond acceptors (Lipinski definition) is 6. The number of carbonyl (C=O) groups excluding carboxylic acids is 4. The number of phenols is 1. The number of hydrogen-bond donors (Lipinski definition) is 2. The maximum Gasteiger partial charge on any atom is 0.260 e. The molecule has 0 aromatic heterocycles. The van der Waals surface area contributed by atoms with Gasteiger partial charge in [-0.2, -0.15) is 5.01 Å². The van der Waals surface area contributed by atoms with E-state index < -0.39 is 46.8 Å². The first-order valence-electron chi connectivity index (χ1n) is 16.3. The lowest BCUT2D eigenvalue weighted by Crippen LogP contribution is -2.53. The van der Waals surface area contributed by atoms with Gasteiger partial charge in [-0.1, -0.05) is 96.1 Å². The van der Waals surface area contributed by atoms with Crippen molar-refractivity contribution in [2.45, 2.75) is 38.0 Å². The number of carbonyl (C=O) groups is 4. The molecule has 4 amide bonds. The predicted molar refractivity (Wildman–Crippen MR) is 177 cm³/mol. The van der Waals surface area contributed by atoms with Gasteiger partial charge in [0.15, 0.2) is 0 Å². The Morgan fingerprint density at radius 3 is 2.30 bits per heavy atom. The lowest BCUT2D eigenvalue weighted by molar-refractivity contribution is -0.141. The van der Waals surface area contributed by atoms with Gasteiger partial charge in [-0.05, 0) is 55.7 Å². The maximum atomic E-state index is 15.2. The van der Waals surface area contributed by atoms with Crippen LogP contribution in [0.1, 0.15) is 42.4 Å². The summed E-state index contributed by atoms with van der Waals surface area (Å²) in [5.74, 6) is -4.43. The van der Waals surface area contributed by atoms with Gasteiger partial charge in [-0.25, -0.2) is 0 Å². The van der Waals surface area contributed by atoms with E-state index in [-0.39, 0.29) is 30.5 Å². The van der Waals surface area contributed by atoms with Crippen molar-refractivity contribution in [2.75, 3.05) is 12.0 Å². The van der Waals surface area contributed by atoms with E-state index in [0.717, 1.165) is 21.5 Å². The molecule has 0 radical (unpaired) electrons. The number of phenolic OH excluding ortho intramolecular Hbond substituents is 1. The molecule has 4 aliphatic rings. The molecule has 47 heavy (non-hydrogen) atoms. The largest absolute Gasteiger partial charge is 0.507 e. The summed E-state index contributed by atoms with van der Waals surface area (Å²) in [5, 5.41) is 14.7. The minimum Gasteiger partial charge on any atom is -0.507 e. The highest BCUT2D eigenvalue weighted by molar-refractivity contribution is 6.13. The first-order chi connectivity index (χ1) is 22.8. The fourth-order valence-electron chi connectivity index (χ4n) is 8.97. The number of benzene rings is 4. The Bertz CT molecular complexity index is 2000. The zero-order valence-electron chi connectivity index (χ0n) is 26.2. The van der Waals surface area contributed by atoms with Gasteiger partial charge in [0.2, 0.25) is 11.8 Å². The van der Waals surface area contributed by atoms with Crippen LogP contribution in [0.15, 0.2) is 103 Å². The second-order valence-electron chi connectivity index (χ2n) is 13.2. The highest BCUT2D eigenvalue weighted by atomic mass is 16.3. The van der Waals surface area contributed by atoms with Crippen LogP contribution >= 0.6 is 0 Å². The number of rotatable bonds is 5. The van der Waals surface area contributed by atoms with Crippen LogP contribution in [0, 0.1) is 30.6 Å². The van der Waals surface area contributed by atoms with Gasteiger partial charge in [0, 0.05) is 23.4 Å². The second-order valence-corrected chi connectivity index (χ2v) is 13.2. The van der Waals surface area contributed by atoms with Crippen molar-refractivity contribution in [1.82, 2.24) is 9.91 Å². The summed E-state index contributed by atoms with van der Waals surface area (Å²) in [5.41, 5.74) is 5.34. The Morgan fingerprint density at radius 1 is 0.830 bits per heavy atom. The number of likely N-dealkylation sites (tertiary alicyclic amines) is 1. The third-order valence-electron chi connectivity index (χ3n) is 11.0. The summed E-state index contributed by atoms with van der Waals surface area (Å²) in [6.45, 7) is 4.05. The van der Waals surface area contributed by atoms with E-state index in [1.54, 1.807) is 6.92 Å². The minimum absolute atomic E-state index is 0.0417. The molecule has 0 bridgehead atoms. The van der Waals surface area contributed by atoms with Crippen molar-refractivity contribution in [3.63, 3.8) is 0 Å². The average molecular weight is 626 g/mol. The molecule has 2 aliphatic carbocycles. The Balaban J connectivity index is 1.39. The van der Waals surface area contributed by atoms with Gasteiger partial charge in [0.05, 0.1) is 28.9 Å². The number of aromatic hydroxyl groups is 1. The summed E-state index contributed by atoms with van der Waals surface area (Å²) in [4.78, 5) is 58.6. The molecule has 8 nitrogen and oxygen atoms in total. The molecular formula is C39H35N3O5. The lowest BCUT2D eigenvalue weighted by atomic mass is 9.49. The Hall–Kier alpha value is -5.24. The number of nitrogens with zero attached hydrogens (tertiary/aromatic N) is 2. The van der Waals surface area contributed by atoms with Crippen molar-refractivity contribution < 1.29 is 24.3 Å². The molecule has 4 aromatic rings. The monoisotopic (exact) mass is 625 g/mol.